The van der Waals surface area contributed by atoms with Crippen LogP contribution >= 0.6 is 0 Å². The number of hydrogen-bond donors (Lipinski definition) is 5. The maximum atomic E-state index is 14.1. The third-order valence-corrected chi connectivity index (χ3v) is 14.4. The minimum absolute atomic E-state index is 0.0818. The number of esters is 2. The second kappa shape index (κ2) is 18.2. The Labute approximate surface area is 356 Å². The molecule has 2 heterocycles. The smallest absolute Gasteiger partial charge is 0.338 e. The Morgan fingerprint density at radius 1 is 0.885 bits per heavy atom. The molecule has 336 valence electrons. The number of ketones is 1. The van der Waals surface area contributed by atoms with E-state index in [1.165, 1.54) is 31.7 Å². The molecule has 5 aliphatic rings. The molecule has 0 radical (unpaired) electrons. The molecule has 4 fully saturated rings. The fraction of sp³-hybridized carbons (Fsp3) is 0.674. The number of aliphatic hydroxyl groups is 4. The van der Waals surface area contributed by atoms with Crippen molar-refractivity contribution in [2.75, 3.05) is 20.3 Å². The van der Waals surface area contributed by atoms with Gasteiger partial charge in [0.15, 0.2) is 24.8 Å². The number of Topliss-reactive ketones (excluding diaryl/α,β-unsaturated/α-hetero) is 1. The lowest BCUT2D eigenvalue weighted by Gasteiger charge is -2.55. The van der Waals surface area contributed by atoms with Crippen molar-refractivity contribution in [3.8, 4) is 11.5 Å². The fourth-order valence-electron chi connectivity index (χ4n) is 11.0. The van der Waals surface area contributed by atoms with E-state index < -0.39 is 90.8 Å². The van der Waals surface area contributed by atoms with Crippen LogP contribution in [0.25, 0.3) is 0 Å². The van der Waals surface area contributed by atoms with Gasteiger partial charge in [0.2, 0.25) is 0 Å². The highest BCUT2D eigenvalue weighted by Gasteiger charge is 2.69. The maximum absolute atomic E-state index is 14.1. The van der Waals surface area contributed by atoms with Gasteiger partial charge in [-0.3, -0.25) is 9.59 Å². The van der Waals surface area contributed by atoms with Gasteiger partial charge in [-0.2, -0.15) is 0 Å². The first-order valence-electron chi connectivity index (χ1n) is 21.6. The van der Waals surface area contributed by atoms with Gasteiger partial charge >= 0.3 is 11.9 Å². The van der Waals surface area contributed by atoms with E-state index in [9.17, 15) is 39.9 Å². The summed E-state index contributed by atoms with van der Waals surface area (Å²) in [5, 5.41) is 56.6. The number of fused-ring (bicyclic) bond motifs is 5. The number of phenols is 1. The third kappa shape index (κ3) is 8.69. The zero-order valence-corrected chi connectivity index (χ0v) is 35.8. The average molecular weight is 855 g/mol. The molecule has 0 aromatic heterocycles. The number of carbonyl (C=O) groups is 3. The number of carbonyl (C=O) groups excluding carboxylic acids is 3. The lowest BCUT2D eigenvalue weighted by molar-refractivity contribution is -0.345. The van der Waals surface area contributed by atoms with E-state index >= 15 is 0 Å². The highest BCUT2D eigenvalue weighted by atomic mass is 16.8. The van der Waals surface area contributed by atoms with Crippen LogP contribution in [0.4, 0.5) is 0 Å². The SMILES string of the molecule is COc1ccc(C(=O)O[C@H]2[C@H](O[C@H]3[C@H](OC(C)=O)[C@@H](O[C@H]4C[C@H]5[C@@H]6CCc7cc(O)ccc7[C@H]6CC[C@]5(C)[C@@]4(O)[C@H](C)C(=O)CCC(C)C)OC[C@H]3O)OC[C@@H](O)[C@@H]2O)cc1. The van der Waals surface area contributed by atoms with E-state index in [0.29, 0.717) is 25.0 Å². The third-order valence-electron chi connectivity index (χ3n) is 14.4. The van der Waals surface area contributed by atoms with Gasteiger partial charge in [-0.25, -0.2) is 4.79 Å². The van der Waals surface area contributed by atoms with E-state index in [1.807, 2.05) is 26.0 Å². The lowest BCUT2D eigenvalue weighted by Crippen LogP contribution is -2.64. The van der Waals surface area contributed by atoms with Crippen LogP contribution in [0, 0.1) is 29.1 Å². The van der Waals surface area contributed by atoms with Crippen molar-refractivity contribution in [1.82, 2.24) is 0 Å². The highest BCUT2D eigenvalue weighted by molar-refractivity contribution is 5.89. The van der Waals surface area contributed by atoms with Gasteiger partial charge in [-0.05, 0) is 110 Å². The summed E-state index contributed by atoms with van der Waals surface area (Å²) in [5.74, 6) is -1.30. The normalized spacial score (nSPS) is 37.5. The summed E-state index contributed by atoms with van der Waals surface area (Å²) in [6, 6.07) is 11.6. The molecule has 2 aliphatic heterocycles. The van der Waals surface area contributed by atoms with Crippen LogP contribution in [0.2, 0.25) is 0 Å². The second-order valence-corrected chi connectivity index (χ2v) is 18.4. The first-order chi connectivity index (χ1) is 29.0. The van der Waals surface area contributed by atoms with E-state index in [-0.39, 0.29) is 53.8 Å². The van der Waals surface area contributed by atoms with E-state index in [1.54, 1.807) is 25.1 Å². The molecule has 2 aromatic carbocycles. The van der Waals surface area contributed by atoms with Gasteiger partial charge in [0.1, 0.15) is 47.3 Å². The average Bonchev–Trinajstić information content (AvgIpc) is 3.46. The molecule has 5 N–H and O–H groups in total. The molecule has 15 nitrogen and oxygen atoms in total. The summed E-state index contributed by atoms with van der Waals surface area (Å²) < 4.78 is 41.5. The number of benzene rings is 2. The molecule has 0 unspecified atom stereocenters. The Morgan fingerprint density at radius 3 is 2.25 bits per heavy atom. The van der Waals surface area contributed by atoms with E-state index in [0.717, 1.165) is 24.8 Å². The van der Waals surface area contributed by atoms with Crippen molar-refractivity contribution < 1.29 is 73.1 Å². The predicted molar refractivity (Wildman–Crippen MR) is 216 cm³/mol. The standard InChI is InChI=1S/C46H62O15/c1-23(2)7-16-34(49)24(3)46(54)37(20-33-32-14-10-27-19-28(48)11-15-30(27)31(32)17-18-45(33,46)5)59-44-41(58-25(4)47)39(36(51)22-57-44)61-43-40(38(52)35(50)21-56-43)60-42(53)26-8-12-29(55-6)13-9-26/h8-9,11-13,15,19,23-24,31-33,35-41,43-44,48,50-52,54H,7,10,14,16-18,20-22H2,1-6H3/t24-,31-,32-,33+,35-,36-,37+,38+,39-,40-,41+,43+,44-,45+,46-/m1/s1. The molecule has 61 heavy (non-hydrogen) atoms. The quantitative estimate of drug-likeness (QED) is 0.180. The van der Waals surface area contributed by atoms with Crippen LogP contribution < -0.4 is 4.74 Å². The molecule has 15 heteroatoms. The first-order valence-corrected chi connectivity index (χ1v) is 21.6. The minimum atomic E-state index is -1.68. The largest absolute Gasteiger partial charge is 0.508 e. The number of hydrogen-bond acceptors (Lipinski definition) is 15. The summed E-state index contributed by atoms with van der Waals surface area (Å²) >= 11 is 0. The molecule has 3 aliphatic carbocycles. The summed E-state index contributed by atoms with van der Waals surface area (Å²) in [4.78, 5) is 40.1. The predicted octanol–water partition coefficient (Wildman–Crippen LogP) is 3.96. The monoisotopic (exact) mass is 854 g/mol. The number of phenolic OH excluding ortho intramolecular Hbond substituents is 1. The molecule has 2 saturated carbocycles. The van der Waals surface area contributed by atoms with E-state index in [4.69, 9.17) is 33.2 Å². The van der Waals surface area contributed by atoms with Gasteiger partial charge in [0.25, 0.3) is 0 Å². The van der Waals surface area contributed by atoms with Crippen molar-refractivity contribution in [2.45, 2.75) is 146 Å². The molecule has 2 saturated heterocycles. The zero-order valence-electron chi connectivity index (χ0n) is 35.8. The van der Waals surface area contributed by atoms with E-state index in [2.05, 4.69) is 6.92 Å². The number of rotatable bonds is 13. The van der Waals surface area contributed by atoms with Crippen LogP contribution in [-0.4, -0.2) is 124 Å². The molecule has 0 spiro atoms. The fourth-order valence-corrected chi connectivity index (χ4v) is 11.0. The Bertz CT molecular complexity index is 1890. The Balaban J connectivity index is 1.18. The molecule has 2 aromatic rings. The van der Waals surface area contributed by atoms with Crippen LogP contribution in [0.5, 0.6) is 11.5 Å². The van der Waals surface area contributed by atoms with Gasteiger partial charge < -0.3 is 58.7 Å². The lowest BCUT2D eigenvalue weighted by atomic mass is 9.51. The number of methoxy groups -OCH3 is 1. The number of aliphatic hydroxyl groups excluding tert-OH is 3. The maximum Gasteiger partial charge on any atom is 0.338 e. The van der Waals surface area contributed by atoms with Gasteiger partial charge in [0.05, 0.1) is 32.0 Å². The molecular weight excluding hydrogens is 792 g/mol. The topological polar surface area (TPSA) is 217 Å². The summed E-state index contributed by atoms with van der Waals surface area (Å²) in [5.41, 5.74) is -0.0257. The van der Waals surface area contributed by atoms with Gasteiger partial charge in [-0.1, -0.05) is 33.8 Å². The van der Waals surface area contributed by atoms with Gasteiger partial charge in [0, 0.05) is 24.7 Å². The summed E-state index contributed by atoms with van der Waals surface area (Å²) in [6.07, 6.45) is -8.78. The molecular formula is C46H62O15. The first kappa shape index (κ1) is 45.4. The van der Waals surface area contributed by atoms with Crippen molar-refractivity contribution in [2.24, 2.45) is 29.1 Å². The Hall–Kier alpha value is -3.67. The summed E-state index contributed by atoms with van der Waals surface area (Å²) in [6.45, 7) is 8.31. The van der Waals surface area contributed by atoms with Gasteiger partial charge in [-0.15, -0.1) is 0 Å². The highest BCUT2D eigenvalue weighted by Crippen LogP contribution is 2.67. The zero-order chi connectivity index (χ0) is 44.0. The van der Waals surface area contributed by atoms with Crippen LogP contribution in [0.3, 0.4) is 0 Å². The van der Waals surface area contributed by atoms with Crippen molar-refractivity contribution in [3.63, 3.8) is 0 Å². The molecule has 0 amide bonds. The van der Waals surface area contributed by atoms with Crippen molar-refractivity contribution in [3.05, 3.63) is 59.2 Å². The Kier molecular flexibility index (Phi) is 13.5. The van der Waals surface area contributed by atoms with Crippen molar-refractivity contribution >= 4 is 17.7 Å². The number of aryl methyl sites for hydroxylation is 1. The Morgan fingerprint density at radius 2 is 1.57 bits per heavy atom. The van der Waals surface area contributed by atoms with Crippen LogP contribution in [0.15, 0.2) is 42.5 Å². The molecule has 7 rings (SSSR count). The van der Waals surface area contributed by atoms with Crippen LogP contribution in [-0.2, 0) is 44.4 Å². The van der Waals surface area contributed by atoms with Crippen molar-refractivity contribution in [1.29, 1.82) is 0 Å². The summed E-state index contributed by atoms with van der Waals surface area (Å²) in [7, 11) is 1.48. The van der Waals surface area contributed by atoms with Crippen LogP contribution in [0.1, 0.15) is 101 Å². The second-order valence-electron chi connectivity index (χ2n) is 18.4. The number of ether oxygens (including phenoxy) is 7. The molecule has 0 bridgehead atoms. The minimum Gasteiger partial charge on any atom is -0.508 e. The molecule has 15 atom stereocenters. The number of aromatic hydroxyl groups is 1.